The van der Waals surface area contributed by atoms with Crippen molar-refractivity contribution < 1.29 is 9.53 Å². The molecular weight excluding hydrogens is 262 g/mol. The van der Waals surface area contributed by atoms with Crippen LogP contribution < -0.4 is 4.74 Å². The van der Waals surface area contributed by atoms with E-state index in [4.69, 9.17) is 4.74 Å². The van der Waals surface area contributed by atoms with Crippen molar-refractivity contribution >= 4 is 5.78 Å². The highest BCUT2D eigenvalue weighted by atomic mass is 16.5. The monoisotopic (exact) mass is 283 g/mol. The summed E-state index contributed by atoms with van der Waals surface area (Å²) >= 11 is 0. The minimum Gasteiger partial charge on any atom is -0.497 e. The Morgan fingerprint density at radius 1 is 1.19 bits per heavy atom. The standard InChI is InChI=1S/C18H21NO2/c1-12-11-16-17(5-4-6-18(16)20)19(12)13(2)14-7-9-15(21-3)10-8-14/h7-11,13H,4-6H2,1-3H3. The molecule has 1 aliphatic carbocycles. The predicted molar refractivity (Wildman–Crippen MR) is 83.2 cm³/mol. The number of aryl methyl sites for hydroxylation is 1. The summed E-state index contributed by atoms with van der Waals surface area (Å²) in [6.45, 7) is 4.28. The molecule has 1 aliphatic rings. The van der Waals surface area contributed by atoms with E-state index < -0.39 is 0 Å². The molecule has 2 aromatic rings. The quantitative estimate of drug-likeness (QED) is 0.854. The number of fused-ring (bicyclic) bond motifs is 1. The Kier molecular flexibility index (Phi) is 3.58. The number of carbonyl (C=O) groups is 1. The summed E-state index contributed by atoms with van der Waals surface area (Å²) in [4.78, 5) is 12.1. The topological polar surface area (TPSA) is 31.2 Å². The van der Waals surface area contributed by atoms with Gasteiger partial charge in [0, 0.05) is 23.4 Å². The number of nitrogens with zero attached hydrogens (tertiary/aromatic N) is 1. The number of Topliss-reactive ketones (excluding diaryl/α,β-unsaturated/α-hetero) is 1. The third-order valence-electron chi connectivity index (χ3n) is 4.44. The Morgan fingerprint density at radius 3 is 2.57 bits per heavy atom. The summed E-state index contributed by atoms with van der Waals surface area (Å²) in [6.07, 6.45) is 2.65. The van der Waals surface area contributed by atoms with Crippen molar-refractivity contribution in [3.63, 3.8) is 0 Å². The zero-order chi connectivity index (χ0) is 15.0. The lowest BCUT2D eigenvalue weighted by atomic mass is 9.96. The van der Waals surface area contributed by atoms with E-state index in [-0.39, 0.29) is 6.04 Å². The number of carbonyl (C=O) groups excluding carboxylic acids is 1. The van der Waals surface area contributed by atoms with Crippen LogP contribution in [0.2, 0.25) is 0 Å². The van der Waals surface area contributed by atoms with Gasteiger partial charge in [0.2, 0.25) is 0 Å². The lowest BCUT2D eigenvalue weighted by Gasteiger charge is -2.22. The van der Waals surface area contributed by atoms with Crippen LogP contribution in [0.3, 0.4) is 0 Å². The fraction of sp³-hybridized carbons (Fsp3) is 0.389. The van der Waals surface area contributed by atoms with Crippen molar-refractivity contribution in [2.75, 3.05) is 7.11 Å². The van der Waals surface area contributed by atoms with Gasteiger partial charge >= 0.3 is 0 Å². The van der Waals surface area contributed by atoms with Crippen LogP contribution >= 0.6 is 0 Å². The molecule has 3 heteroatoms. The van der Waals surface area contributed by atoms with Gasteiger partial charge in [0.05, 0.1) is 13.2 Å². The second-order valence-electron chi connectivity index (χ2n) is 5.74. The first kappa shape index (κ1) is 13.9. The Balaban J connectivity index is 2.01. The first-order valence-corrected chi connectivity index (χ1v) is 7.49. The molecule has 0 saturated heterocycles. The van der Waals surface area contributed by atoms with E-state index in [0.29, 0.717) is 12.2 Å². The number of aromatic nitrogens is 1. The first-order valence-electron chi connectivity index (χ1n) is 7.49. The Bertz CT molecular complexity index is 667. The van der Waals surface area contributed by atoms with Gasteiger partial charge < -0.3 is 9.30 Å². The Labute approximate surface area is 125 Å². The number of hydrogen-bond acceptors (Lipinski definition) is 2. The molecule has 1 aromatic carbocycles. The molecule has 0 N–H and O–H groups in total. The van der Waals surface area contributed by atoms with E-state index >= 15 is 0 Å². The molecule has 0 fully saturated rings. The smallest absolute Gasteiger partial charge is 0.164 e. The Morgan fingerprint density at radius 2 is 1.90 bits per heavy atom. The fourth-order valence-electron chi connectivity index (χ4n) is 3.32. The van der Waals surface area contributed by atoms with Gasteiger partial charge in [0.15, 0.2) is 5.78 Å². The van der Waals surface area contributed by atoms with Crippen LogP contribution in [-0.4, -0.2) is 17.5 Å². The van der Waals surface area contributed by atoms with Gasteiger partial charge in [-0.25, -0.2) is 0 Å². The van der Waals surface area contributed by atoms with Gasteiger partial charge in [0.25, 0.3) is 0 Å². The molecule has 0 bridgehead atoms. The zero-order valence-corrected chi connectivity index (χ0v) is 12.8. The maximum atomic E-state index is 12.1. The lowest BCUT2D eigenvalue weighted by Crippen LogP contribution is -2.16. The van der Waals surface area contributed by atoms with Crippen molar-refractivity contribution in [1.29, 1.82) is 0 Å². The van der Waals surface area contributed by atoms with Crippen molar-refractivity contribution in [1.82, 2.24) is 4.57 Å². The molecule has 1 aromatic heterocycles. The average molecular weight is 283 g/mol. The normalized spacial score (nSPS) is 15.7. The van der Waals surface area contributed by atoms with Crippen molar-refractivity contribution in [3.8, 4) is 5.75 Å². The largest absolute Gasteiger partial charge is 0.497 e. The highest BCUT2D eigenvalue weighted by molar-refractivity contribution is 5.98. The van der Waals surface area contributed by atoms with E-state index in [0.717, 1.165) is 24.2 Å². The second kappa shape index (κ2) is 5.40. The average Bonchev–Trinajstić information content (AvgIpc) is 2.84. The lowest BCUT2D eigenvalue weighted by molar-refractivity contribution is 0.0971. The van der Waals surface area contributed by atoms with Crippen LogP contribution in [-0.2, 0) is 6.42 Å². The highest BCUT2D eigenvalue weighted by Crippen LogP contribution is 2.31. The van der Waals surface area contributed by atoms with Crippen LogP contribution in [0.15, 0.2) is 30.3 Å². The number of methoxy groups -OCH3 is 1. The number of rotatable bonds is 3. The fourth-order valence-corrected chi connectivity index (χ4v) is 3.32. The van der Waals surface area contributed by atoms with Crippen LogP contribution in [0, 0.1) is 6.92 Å². The summed E-state index contributed by atoms with van der Waals surface area (Å²) in [5, 5.41) is 0. The van der Waals surface area contributed by atoms with Gasteiger partial charge in [-0.2, -0.15) is 0 Å². The van der Waals surface area contributed by atoms with Crippen LogP contribution in [0.5, 0.6) is 5.75 Å². The van der Waals surface area contributed by atoms with E-state index in [2.05, 4.69) is 36.6 Å². The summed E-state index contributed by atoms with van der Waals surface area (Å²) < 4.78 is 7.53. The zero-order valence-electron chi connectivity index (χ0n) is 12.8. The van der Waals surface area contributed by atoms with E-state index in [1.807, 2.05) is 12.1 Å². The number of benzene rings is 1. The summed E-state index contributed by atoms with van der Waals surface area (Å²) in [7, 11) is 1.68. The summed E-state index contributed by atoms with van der Waals surface area (Å²) in [5.41, 5.74) is 4.53. The van der Waals surface area contributed by atoms with Gasteiger partial charge in [-0.15, -0.1) is 0 Å². The van der Waals surface area contributed by atoms with Gasteiger partial charge in [0.1, 0.15) is 5.75 Å². The van der Waals surface area contributed by atoms with Gasteiger partial charge in [-0.1, -0.05) is 12.1 Å². The molecule has 1 heterocycles. The molecule has 0 spiro atoms. The first-order chi connectivity index (χ1) is 10.1. The maximum absolute atomic E-state index is 12.1. The molecule has 21 heavy (non-hydrogen) atoms. The molecule has 1 unspecified atom stereocenters. The molecule has 0 radical (unpaired) electrons. The van der Waals surface area contributed by atoms with Crippen LogP contribution in [0.4, 0.5) is 0 Å². The van der Waals surface area contributed by atoms with E-state index in [1.165, 1.54) is 17.0 Å². The molecule has 110 valence electrons. The molecule has 0 amide bonds. The highest BCUT2D eigenvalue weighted by Gasteiger charge is 2.25. The number of hydrogen-bond donors (Lipinski definition) is 0. The number of ether oxygens (including phenoxy) is 1. The molecular formula is C18H21NO2. The third-order valence-corrected chi connectivity index (χ3v) is 4.44. The van der Waals surface area contributed by atoms with Crippen molar-refractivity contribution in [2.24, 2.45) is 0 Å². The van der Waals surface area contributed by atoms with E-state index in [9.17, 15) is 4.79 Å². The molecule has 1 atom stereocenters. The van der Waals surface area contributed by atoms with Crippen molar-refractivity contribution in [3.05, 3.63) is 52.8 Å². The van der Waals surface area contributed by atoms with Crippen LogP contribution in [0.1, 0.15) is 53.1 Å². The SMILES string of the molecule is COc1ccc(C(C)n2c(C)cc3c2CCCC3=O)cc1. The molecule has 3 nitrogen and oxygen atoms in total. The van der Waals surface area contributed by atoms with Crippen LogP contribution in [0.25, 0.3) is 0 Å². The second-order valence-corrected chi connectivity index (χ2v) is 5.74. The molecule has 0 aliphatic heterocycles. The van der Waals surface area contributed by atoms with Gasteiger partial charge in [-0.3, -0.25) is 4.79 Å². The van der Waals surface area contributed by atoms with Crippen molar-refractivity contribution in [2.45, 2.75) is 39.2 Å². The molecule has 0 saturated carbocycles. The maximum Gasteiger partial charge on any atom is 0.164 e. The minimum atomic E-state index is 0.227. The summed E-state index contributed by atoms with van der Waals surface area (Å²) in [5.74, 6) is 1.16. The third kappa shape index (κ3) is 2.37. The summed E-state index contributed by atoms with van der Waals surface area (Å²) in [6, 6.07) is 10.5. The van der Waals surface area contributed by atoms with Gasteiger partial charge in [-0.05, 0) is 50.5 Å². The Hall–Kier alpha value is -2.03. The predicted octanol–water partition coefficient (Wildman–Crippen LogP) is 3.93. The van der Waals surface area contributed by atoms with E-state index in [1.54, 1.807) is 7.11 Å². The minimum absolute atomic E-state index is 0.227. The molecule has 3 rings (SSSR count). The number of ketones is 1.